The Hall–Kier alpha value is -1.74. The number of hydrogen-bond donors (Lipinski definition) is 2. The summed E-state index contributed by atoms with van der Waals surface area (Å²) in [5.41, 5.74) is 7.08. The van der Waals surface area contributed by atoms with Crippen LogP contribution in [0.2, 0.25) is 0 Å². The molecule has 0 saturated carbocycles. The number of carbonyl (C=O) groups is 2. The Morgan fingerprint density at radius 1 is 1.23 bits per heavy atom. The Kier molecular flexibility index (Phi) is 8.42. The van der Waals surface area contributed by atoms with Gasteiger partial charge in [0, 0.05) is 36.3 Å². The van der Waals surface area contributed by atoms with Crippen LogP contribution in [0.1, 0.15) is 44.3 Å². The summed E-state index contributed by atoms with van der Waals surface area (Å²) in [5.74, 6) is -0.524. The molecule has 0 fully saturated rings. The summed E-state index contributed by atoms with van der Waals surface area (Å²) in [5, 5.41) is 12.5. The van der Waals surface area contributed by atoms with Crippen molar-refractivity contribution in [3.63, 3.8) is 0 Å². The molecule has 26 heavy (non-hydrogen) atoms. The summed E-state index contributed by atoms with van der Waals surface area (Å²) in [6, 6.07) is 3.57. The van der Waals surface area contributed by atoms with E-state index >= 15 is 0 Å². The van der Waals surface area contributed by atoms with E-state index in [1.54, 1.807) is 36.9 Å². The number of methoxy groups -OCH3 is 1. The minimum Gasteiger partial charge on any atom is -0.465 e. The van der Waals surface area contributed by atoms with Crippen LogP contribution in [0.3, 0.4) is 0 Å². The average molecular weight is 399 g/mol. The third kappa shape index (κ3) is 5.91. The molecule has 3 N–H and O–H groups in total. The highest BCUT2D eigenvalue weighted by molar-refractivity contribution is 7.12. The van der Waals surface area contributed by atoms with Gasteiger partial charge in [0.05, 0.1) is 24.2 Å². The van der Waals surface area contributed by atoms with E-state index in [1.807, 2.05) is 11.4 Å². The molecule has 0 aliphatic rings. The van der Waals surface area contributed by atoms with Crippen molar-refractivity contribution in [2.75, 3.05) is 27.7 Å². The highest BCUT2D eigenvalue weighted by Gasteiger charge is 2.20. The summed E-state index contributed by atoms with van der Waals surface area (Å²) in [6.07, 6.45) is 0. The largest absolute Gasteiger partial charge is 0.465 e. The zero-order valence-electron chi connectivity index (χ0n) is 15.7. The lowest BCUT2D eigenvalue weighted by atomic mass is 9.91. The van der Waals surface area contributed by atoms with E-state index in [-0.39, 0.29) is 17.9 Å². The van der Waals surface area contributed by atoms with E-state index in [0.29, 0.717) is 17.0 Å². The predicted molar refractivity (Wildman–Crippen MR) is 106 cm³/mol. The Morgan fingerprint density at radius 3 is 2.35 bits per heavy atom. The summed E-state index contributed by atoms with van der Waals surface area (Å²) < 4.78 is 4.53. The number of rotatable bonds is 5. The van der Waals surface area contributed by atoms with Gasteiger partial charge in [-0.2, -0.15) is 0 Å². The summed E-state index contributed by atoms with van der Waals surface area (Å²) in [4.78, 5) is 25.8. The van der Waals surface area contributed by atoms with Gasteiger partial charge in [-0.15, -0.1) is 22.7 Å². The Labute approximate surface area is 162 Å². The maximum Gasteiger partial charge on any atom is 0.338 e. The van der Waals surface area contributed by atoms with Gasteiger partial charge in [-0.25, -0.2) is 4.79 Å². The number of thiophene rings is 2. The van der Waals surface area contributed by atoms with E-state index in [9.17, 15) is 9.59 Å². The standard InChI is InChI=1S/C9H11NO3S.C9H15NOS/c1-10(2)8(11)7-4-6(5-14-7)9(12)13-3;1-9(2,6-10)8-3-7(4-11)5-12-8/h4-5H,1-3H3;3,5,11H,4,6,10H2,1-2H3. The molecule has 0 unspecified atom stereocenters. The number of aliphatic hydroxyl groups is 1. The van der Waals surface area contributed by atoms with Crippen molar-refractivity contribution in [1.82, 2.24) is 4.90 Å². The Balaban J connectivity index is 0.000000263. The van der Waals surface area contributed by atoms with E-state index in [2.05, 4.69) is 18.6 Å². The molecular formula is C18H26N2O4S2. The first kappa shape index (κ1) is 22.3. The molecule has 2 rings (SSSR count). The topological polar surface area (TPSA) is 92.9 Å². The molecule has 6 nitrogen and oxygen atoms in total. The zero-order valence-corrected chi connectivity index (χ0v) is 17.4. The highest BCUT2D eigenvalue weighted by Crippen LogP contribution is 2.28. The zero-order chi connectivity index (χ0) is 19.9. The first-order valence-corrected chi connectivity index (χ1v) is 9.69. The lowest BCUT2D eigenvalue weighted by Crippen LogP contribution is -2.26. The molecule has 144 valence electrons. The van der Waals surface area contributed by atoms with Gasteiger partial charge in [-0.3, -0.25) is 4.79 Å². The van der Waals surface area contributed by atoms with Crippen molar-refractivity contribution in [1.29, 1.82) is 0 Å². The lowest BCUT2D eigenvalue weighted by Gasteiger charge is -2.19. The van der Waals surface area contributed by atoms with Gasteiger partial charge in [0.15, 0.2) is 0 Å². The maximum atomic E-state index is 11.5. The molecule has 0 radical (unpaired) electrons. The van der Waals surface area contributed by atoms with Gasteiger partial charge in [-0.05, 0) is 23.1 Å². The van der Waals surface area contributed by atoms with Crippen LogP contribution < -0.4 is 5.73 Å². The van der Waals surface area contributed by atoms with Crippen molar-refractivity contribution < 1.29 is 19.4 Å². The molecule has 0 aliphatic heterocycles. The second-order valence-corrected chi connectivity index (χ2v) is 8.28. The van der Waals surface area contributed by atoms with Crippen LogP contribution in [0.15, 0.2) is 22.9 Å². The van der Waals surface area contributed by atoms with Crippen molar-refractivity contribution >= 4 is 34.6 Å². The molecule has 0 atom stereocenters. The van der Waals surface area contributed by atoms with E-state index < -0.39 is 5.97 Å². The minimum atomic E-state index is -0.418. The predicted octanol–water partition coefficient (Wildman–Crippen LogP) is 2.71. The van der Waals surface area contributed by atoms with Crippen molar-refractivity contribution in [2.45, 2.75) is 25.9 Å². The van der Waals surface area contributed by atoms with Crippen molar-refractivity contribution in [2.24, 2.45) is 5.73 Å². The number of amides is 1. The van der Waals surface area contributed by atoms with E-state index in [1.165, 1.54) is 28.2 Å². The van der Waals surface area contributed by atoms with E-state index in [4.69, 9.17) is 10.8 Å². The van der Waals surface area contributed by atoms with Gasteiger partial charge in [0.1, 0.15) is 0 Å². The van der Waals surface area contributed by atoms with Crippen LogP contribution in [-0.4, -0.2) is 49.6 Å². The summed E-state index contributed by atoms with van der Waals surface area (Å²) >= 11 is 2.90. The summed E-state index contributed by atoms with van der Waals surface area (Å²) in [6.45, 7) is 4.98. The normalized spacial score (nSPS) is 10.7. The number of hydrogen-bond acceptors (Lipinski definition) is 7. The first-order valence-electron chi connectivity index (χ1n) is 7.93. The molecule has 0 bridgehead atoms. The first-order chi connectivity index (χ1) is 12.2. The van der Waals surface area contributed by atoms with Crippen LogP contribution in [0, 0.1) is 0 Å². The number of nitrogens with two attached hydrogens (primary N) is 1. The Morgan fingerprint density at radius 2 is 1.88 bits per heavy atom. The second-order valence-electron chi connectivity index (χ2n) is 6.46. The summed E-state index contributed by atoms with van der Waals surface area (Å²) in [7, 11) is 4.65. The molecule has 0 saturated heterocycles. The van der Waals surface area contributed by atoms with Gasteiger partial charge in [-0.1, -0.05) is 13.8 Å². The molecule has 0 aromatic carbocycles. The van der Waals surface area contributed by atoms with Crippen LogP contribution >= 0.6 is 22.7 Å². The van der Waals surface area contributed by atoms with Gasteiger partial charge in [0.2, 0.25) is 0 Å². The molecule has 1 amide bonds. The second kappa shape index (κ2) is 9.82. The number of esters is 1. The average Bonchev–Trinajstić information content (AvgIpc) is 3.30. The lowest BCUT2D eigenvalue weighted by molar-refractivity contribution is 0.0601. The third-order valence-corrected chi connectivity index (χ3v) is 5.91. The SMILES string of the molecule is CC(C)(CN)c1cc(CO)cs1.COC(=O)c1csc(C(=O)N(C)C)c1. The number of carbonyl (C=O) groups excluding carboxylic acids is 2. The third-order valence-electron chi connectivity index (χ3n) is 3.65. The fourth-order valence-electron chi connectivity index (χ4n) is 1.81. The van der Waals surface area contributed by atoms with E-state index in [0.717, 1.165) is 5.56 Å². The molecule has 2 heterocycles. The highest BCUT2D eigenvalue weighted by atomic mass is 32.1. The number of ether oxygens (including phenoxy) is 1. The molecule has 2 aromatic rings. The molecule has 8 heteroatoms. The minimum absolute atomic E-state index is 0.0398. The van der Waals surface area contributed by atoms with Crippen molar-refractivity contribution in [3.05, 3.63) is 43.8 Å². The van der Waals surface area contributed by atoms with Crippen LogP contribution in [0.4, 0.5) is 0 Å². The monoisotopic (exact) mass is 398 g/mol. The number of nitrogens with zero attached hydrogens (tertiary/aromatic N) is 1. The molecule has 0 spiro atoms. The van der Waals surface area contributed by atoms with Crippen LogP contribution in [-0.2, 0) is 16.8 Å². The quantitative estimate of drug-likeness (QED) is 0.756. The van der Waals surface area contributed by atoms with Crippen LogP contribution in [0.5, 0.6) is 0 Å². The maximum absolute atomic E-state index is 11.5. The van der Waals surface area contributed by atoms with Crippen LogP contribution in [0.25, 0.3) is 0 Å². The molecule has 0 aliphatic carbocycles. The smallest absolute Gasteiger partial charge is 0.338 e. The van der Waals surface area contributed by atoms with Gasteiger partial charge < -0.3 is 20.5 Å². The Bertz CT molecular complexity index is 735. The molecular weight excluding hydrogens is 372 g/mol. The van der Waals surface area contributed by atoms with Crippen molar-refractivity contribution in [3.8, 4) is 0 Å². The fourth-order valence-corrected chi connectivity index (χ4v) is 3.75. The van der Waals surface area contributed by atoms with Gasteiger partial charge >= 0.3 is 5.97 Å². The van der Waals surface area contributed by atoms with Gasteiger partial charge in [0.25, 0.3) is 5.91 Å². The fraction of sp³-hybridized carbons (Fsp3) is 0.444. The molecule has 2 aromatic heterocycles. The number of aliphatic hydroxyl groups excluding tert-OH is 1.